The van der Waals surface area contributed by atoms with Crippen LogP contribution in [0.25, 0.3) is 0 Å². The highest BCUT2D eigenvalue weighted by atomic mass is 32.2. The zero-order valence-electron chi connectivity index (χ0n) is 9.73. The molecule has 0 unspecified atom stereocenters. The number of hydrogen-bond acceptors (Lipinski definition) is 2. The minimum absolute atomic E-state index is 0.366. The molecule has 2 N–H and O–H groups in total. The molecule has 0 bridgehead atoms. The van der Waals surface area contributed by atoms with Crippen LogP contribution in [-0.4, -0.2) is 16.0 Å². The second kappa shape index (κ2) is 3.15. The highest BCUT2D eigenvalue weighted by Crippen LogP contribution is 2.65. The van der Waals surface area contributed by atoms with E-state index in [-0.39, 0.29) is 0 Å². The first-order chi connectivity index (χ1) is 6.39. The SMILES string of the molecule is CC(C)(C)SC1(CN)CC2(CCC2)C1. The van der Waals surface area contributed by atoms with Gasteiger partial charge in [-0.05, 0) is 31.1 Å². The third-order valence-electron chi connectivity index (χ3n) is 3.70. The largest absolute Gasteiger partial charge is 0.329 e. The quantitative estimate of drug-likeness (QED) is 0.762. The molecule has 0 heterocycles. The fourth-order valence-electron chi connectivity index (χ4n) is 3.25. The number of rotatable bonds is 2. The Kier molecular flexibility index (Phi) is 2.43. The first-order valence-electron chi connectivity index (χ1n) is 5.79. The molecule has 0 aromatic carbocycles. The van der Waals surface area contributed by atoms with E-state index in [2.05, 4.69) is 32.5 Å². The van der Waals surface area contributed by atoms with Crippen LogP contribution >= 0.6 is 11.8 Å². The van der Waals surface area contributed by atoms with Crippen molar-refractivity contribution in [3.8, 4) is 0 Å². The molecule has 14 heavy (non-hydrogen) atoms. The van der Waals surface area contributed by atoms with Crippen molar-refractivity contribution in [1.29, 1.82) is 0 Å². The van der Waals surface area contributed by atoms with E-state index in [0.29, 0.717) is 9.49 Å². The van der Waals surface area contributed by atoms with Crippen LogP contribution in [0, 0.1) is 5.41 Å². The molecule has 2 heteroatoms. The lowest BCUT2D eigenvalue weighted by atomic mass is 9.51. The van der Waals surface area contributed by atoms with Crippen LogP contribution < -0.4 is 5.73 Å². The molecule has 0 aliphatic heterocycles. The molecule has 1 spiro atoms. The number of nitrogens with two attached hydrogens (primary N) is 1. The van der Waals surface area contributed by atoms with Crippen molar-refractivity contribution in [2.75, 3.05) is 6.54 Å². The highest BCUT2D eigenvalue weighted by Gasteiger charge is 2.57. The summed E-state index contributed by atoms with van der Waals surface area (Å²) in [6.45, 7) is 7.79. The first kappa shape index (κ1) is 10.8. The standard InChI is InChI=1S/C12H23NS/c1-10(2,3)14-12(9-13)7-11(8-12)5-4-6-11/h4-9,13H2,1-3H3. The summed E-state index contributed by atoms with van der Waals surface area (Å²) >= 11 is 2.12. The van der Waals surface area contributed by atoms with Gasteiger partial charge in [-0.1, -0.05) is 27.2 Å². The van der Waals surface area contributed by atoms with Crippen molar-refractivity contribution in [2.24, 2.45) is 11.1 Å². The van der Waals surface area contributed by atoms with E-state index in [9.17, 15) is 0 Å². The van der Waals surface area contributed by atoms with Crippen LogP contribution in [-0.2, 0) is 0 Å². The topological polar surface area (TPSA) is 26.0 Å². The molecule has 0 radical (unpaired) electrons. The normalized spacial score (nSPS) is 28.3. The van der Waals surface area contributed by atoms with E-state index in [0.717, 1.165) is 12.0 Å². The summed E-state index contributed by atoms with van der Waals surface area (Å²) in [4.78, 5) is 0. The summed E-state index contributed by atoms with van der Waals surface area (Å²) in [5.41, 5.74) is 6.70. The molecule has 1 nitrogen and oxygen atoms in total. The number of hydrogen-bond donors (Lipinski definition) is 1. The molecule has 2 saturated carbocycles. The van der Waals surface area contributed by atoms with E-state index in [1.165, 1.54) is 32.1 Å². The maximum Gasteiger partial charge on any atom is 0.0298 e. The molecule has 0 aromatic heterocycles. The molecule has 2 aliphatic rings. The van der Waals surface area contributed by atoms with Gasteiger partial charge in [-0.15, -0.1) is 11.8 Å². The van der Waals surface area contributed by atoms with Gasteiger partial charge in [-0.25, -0.2) is 0 Å². The Morgan fingerprint density at radius 1 is 1.21 bits per heavy atom. The van der Waals surface area contributed by atoms with Gasteiger partial charge < -0.3 is 5.73 Å². The second-order valence-electron chi connectivity index (χ2n) is 6.31. The third-order valence-corrected chi connectivity index (χ3v) is 5.20. The molecule has 2 fully saturated rings. The lowest BCUT2D eigenvalue weighted by molar-refractivity contribution is -0.00183. The van der Waals surface area contributed by atoms with Crippen LogP contribution in [0.5, 0.6) is 0 Å². The van der Waals surface area contributed by atoms with Gasteiger partial charge in [0, 0.05) is 16.0 Å². The molecule has 2 rings (SSSR count). The Hall–Kier alpha value is 0.310. The van der Waals surface area contributed by atoms with Crippen molar-refractivity contribution in [1.82, 2.24) is 0 Å². The van der Waals surface area contributed by atoms with Crippen molar-refractivity contribution in [2.45, 2.75) is 62.4 Å². The average Bonchev–Trinajstić information content (AvgIpc) is 1.90. The van der Waals surface area contributed by atoms with Crippen LogP contribution in [0.1, 0.15) is 52.9 Å². The molecular formula is C12H23NS. The van der Waals surface area contributed by atoms with Crippen molar-refractivity contribution in [3.63, 3.8) is 0 Å². The van der Waals surface area contributed by atoms with Gasteiger partial charge >= 0.3 is 0 Å². The van der Waals surface area contributed by atoms with Gasteiger partial charge in [0.1, 0.15) is 0 Å². The van der Waals surface area contributed by atoms with E-state index < -0.39 is 0 Å². The Morgan fingerprint density at radius 3 is 2.07 bits per heavy atom. The Labute approximate surface area is 92.2 Å². The van der Waals surface area contributed by atoms with Crippen molar-refractivity contribution < 1.29 is 0 Å². The van der Waals surface area contributed by atoms with E-state index in [4.69, 9.17) is 5.73 Å². The molecule has 2 aliphatic carbocycles. The highest BCUT2D eigenvalue weighted by molar-refractivity contribution is 8.02. The third kappa shape index (κ3) is 1.83. The molecule has 0 aromatic rings. The Bertz CT molecular complexity index is 217. The fraction of sp³-hybridized carbons (Fsp3) is 1.00. The van der Waals surface area contributed by atoms with E-state index >= 15 is 0 Å². The maximum atomic E-state index is 5.96. The van der Waals surface area contributed by atoms with Gasteiger partial charge in [0.15, 0.2) is 0 Å². The van der Waals surface area contributed by atoms with Gasteiger partial charge in [0.05, 0.1) is 0 Å². The smallest absolute Gasteiger partial charge is 0.0298 e. The minimum Gasteiger partial charge on any atom is -0.329 e. The van der Waals surface area contributed by atoms with Gasteiger partial charge in [-0.3, -0.25) is 0 Å². The summed E-state index contributed by atoms with van der Waals surface area (Å²) in [6, 6.07) is 0. The van der Waals surface area contributed by atoms with E-state index in [1.807, 2.05) is 0 Å². The Morgan fingerprint density at radius 2 is 1.79 bits per heavy atom. The zero-order valence-corrected chi connectivity index (χ0v) is 10.5. The summed E-state index contributed by atoms with van der Waals surface area (Å²) in [5, 5.41) is 0. The minimum atomic E-state index is 0.366. The monoisotopic (exact) mass is 213 g/mol. The lowest BCUT2D eigenvalue weighted by Crippen LogP contribution is -2.57. The van der Waals surface area contributed by atoms with Gasteiger partial charge in [0.2, 0.25) is 0 Å². The summed E-state index contributed by atoms with van der Waals surface area (Å²) in [5.74, 6) is 0. The van der Waals surface area contributed by atoms with Crippen molar-refractivity contribution >= 4 is 11.8 Å². The van der Waals surface area contributed by atoms with Crippen LogP contribution in [0.4, 0.5) is 0 Å². The zero-order chi connectivity index (χ0) is 10.4. The average molecular weight is 213 g/mol. The summed E-state index contributed by atoms with van der Waals surface area (Å²) in [7, 11) is 0. The fourth-order valence-corrected chi connectivity index (χ4v) is 5.39. The molecule has 82 valence electrons. The maximum absolute atomic E-state index is 5.96. The molecule has 0 amide bonds. The second-order valence-corrected chi connectivity index (χ2v) is 8.60. The predicted molar refractivity (Wildman–Crippen MR) is 64.6 cm³/mol. The van der Waals surface area contributed by atoms with Crippen LogP contribution in [0.2, 0.25) is 0 Å². The van der Waals surface area contributed by atoms with Crippen LogP contribution in [0.3, 0.4) is 0 Å². The van der Waals surface area contributed by atoms with Gasteiger partial charge in [-0.2, -0.15) is 0 Å². The predicted octanol–water partition coefficient (Wildman–Crippen LogP) is 3.18. The Balaban J connectivity index is 1.94. The summed E-state index contributed by atoms with van der Waals surface area (Å²) in [6.07, 6.45) is 7.18. The van der Waals surface area contributed by atoms with Gasteiger partial charge in [0.25, 0.3) is 0 Å². The van der Waals surface area contributed by atoms with E-state index in [1.54, 1.807) is 0 Å². The summed E-state index contributed by atoms with van der Waals surface area (Å²) < 4.78 is 0.795. The number of thioether (sulfide) groups is 1. The molecule has 0 atom stereocenters. The lowest BCUT2D eigenvalue weighted by Gasteiger charge is -2.62. The molecule has 0 saturated heterocycles. The molecular weight excluding hydrogens is 190 g/mol. The van der Waals surface area contributed by atoms with Crippen LogP contribution in [0.15, 0.2) is 0 Å². The first-order valence-corrected chi connectivity index (χ1v) is 6.61. The van der Waals surface area contributed by atoms with Crippen molar-refractivity contribution in [3.05, 3.63) is 0 Å².